The van der Waals surface area contributed by atoms with E-state index in [1.807, 2.05) is 0 Å². The first-order valence-corrected chi connectivity index (χ1v) is 8.05. The van der Waals surface area contributed by atoms with Gasteiger partial charge in [0.05, 0.1) is 18.5 Å². The van der Waals surface area contributed by atoms with Crippen LogP contribution in [0, 0.1) is 0 Å². The number of aromatic nitrogens is 4. The Balaban J connectivity index is 1.97. The number of hydrogen-bond acceptors (Lipinski definition) is 5. The molecule has 0 atom stereocenters. The second-order valence-corrected chi connectivity index (χ2v) is 5.49. The van der Waals surface area contributed by atoms with Crippen molar-refractivity contribution in [2.45, 2.75) is 13.1 Å². The van der Waals surface area contributed by atoms with Crippen LogP contribution in [0.2, 0.25) is 0 Å². The number of para-hydroxylation sites is 1. The number of alkyl halides is 3. The van der Waals surface area contributed by atoms with Crippen molar-refractivity contribution in [2.75, 3.05) is 11.9 Å². The summed E-state index contributed by atoms with van der Waals surface area (Å²) in [6, 6.07) is 9.12. The first-order valence-electron chi connectivity index (χ1n) is 8.05. The van der Waals surface area contributed by atoms with Gasteiger partial charge in [0.2, 0.25) is 0 Å². The summed E-state index contributed by atoms with van der Waals surface area (Å²) in [5.41, 5.74) is -1.19. The Kier molecular flexibility index (Phi) is 5.16. The Hall–Kier alpha value is -3.63. The molecule has 3 aromatic rings. The summed E-state index contributed by atoms with van der Waals surface area (Å²) < 4.78 is 44.3. The van der Waals surface area contributed by atoms with E-state index in [1.54, 1.807) is 42.4 Å². The number of benzene rings is 1. The van der Waals surface area contributed by atoms with Crippen LogP contribution in [0.3, 0.4) is 0 Å². The van der Waals surface area contributed by atoms with Gasteiger partial charge in [0, 0.05) is 6.07 Å². The van der Waals surface area contributed by atoms with Gasteiger partial charge in [0.1, 0.15) is 11.3 Å². The van der Waals surface area contributed by atoms with Gasteiger partial charge < -0.3 is 10.1 Å². The first-order chi connectivity index (χ1) is 13.3. The van der Waals surface area contributed by atoms with Crippen molar-refractivity contribution in [2.24, 2.45) is 0 Å². The molecule has 0 radical (unpaired) electrons. The molecule has 0 aliphatic heterocycles. The highest BCUT2D eigenvalue weighted by Crippen LogP contribution is 2.28. The molecular formula is C17H14F3N5O3. The van der Waals surface area contributed by atoms with E-state index in [0.717, 1.165) is 0 Å². The molecular weight excluding hydrogens is 379 g/mol. The maximum Gasteiger partial charge on any atom is 0.432 e. The molecule has 2 heterocycles. The fraction of sp³-hybridized carbons (Fsp3) is 0.176. The molecule has 0 spiro atoms. The summed E-state index contributed by atoms with van der Waals surface area (Å²) in [7, 11) is 0. The zero-order valence-corrected chi connectivity index (χ0v) is 14.4. The number of anilines is 1. The van der Waals surface area contributed by atoms with E-state index >= 15 is 0 Å². The molecule has 0 aliphatic rings. The number of aromatic amines is 1. The third kappa shape index (κ3) is 3.87. The molecule has 1 aromatic carbocycles. The molecule has 28 heavy (non-hydrogen) atoms. The van der Waals surface area contributed by atoms with Crippen LogP contribution in [0.15, 0.2) is 42.6 Å². The van der Waals surface area contributed by atoms with Crippen molar-refractivity contribution in [1.29, 1.82) is 0 Å². The van der Waals surface area contributed by atoms with E-state index in [9.17, 15) is 22.8 Å². The van der Waals surface area contributed by atoms with Crippen LogP contribution in [0.1, 0.15) is 33.5 Å². The highest BCUT2D eigenvalue weighted by atomic mass is 19.4. The maximum absolute atomic E-state index is 12.7. The Morgan fingerprint density at radius 1 is 1.25 bits per heavy atom. The van der Waals surface area contributed by atoms with E-state index in [1.165, 1.54) is 10.9 Å². The SMILES string of the molecule is CCOC(=O)c1cnn(-c2ccccc2)c1NC(=O)c1cc(C(F)(F)F)[nH]n1. The van der Waals surface area contributed by atoms with Gasteiger partial charge in [-0.3, -0.25) is 9.89 Å². The van der Waals surface area contributed by atoms with Crippen molar-refractivity contribution in [1.82, 2.24) is 20.0 Å². The summed E-state index contributed by atoms with van der Waals surface area (Å²) >= 11 is 0. The molecule has 11 heteroatoms. The fourth-order valence-corrected chi connectivity index (χ4v) is 2.35. The van der Waals surface area contributed by atoms with Crippen LogP contribution >= 0.6 is 0 Å². The van der Waals surface area contributed by atoms with Crippen LogP contribution < -0.4 is 5.32 Å². The van der Waals surface area contributed by atoms with Crippen molar-refractivity contribution < 1.29 is 27.5 Å². The summed E-state index contributed by atoms with van der Waals surface area (Å²) in [4.78, 5) is 24.6. The Labute approximate surface area is 156 Å². The number of carbonyl (C=O) groups is 2. The molecule has 1 amide bonds. The standard InChI is InChI=1S/C17H14F3N5O3/c1-2-28-16(27)11-9-21-25(10-6-4-3-5-7-10)14(11)22-15(26)12-8-13(24-23-12)17(18,19)20/h3-9H,2H2,1H3,(H,22,26)(H,23,24). The quantitative estimate of drug-likeness (QED) is 0.649. The molecule has 0 saturated carbocycles. The average molecular weight is 393 g/mol. The molecule has 0 fully saturated rings. The number of esters is 1. The van der Waals surface area contributed by atoms with Crippen molar-refractivity contribution in [3.8, 4) is 5.69 Å². The second kappa shape index (κ2) is 7.55. The van der Waals surface area contributed by atoms with Gasteiger partial charge in [-0.1, -0.05) is 18.2 Å². The molecule has 0 bridgehead atoms. The number of ether oxygens (including phenoxy) is 1. The summed E-state index contributed by atoms with van der Waals surface area (Å²) in [5, 5.41) is 11.6. The first kappa shape index (κ1) is 19.1. The monoisotopic (exact) mass is 393 g/mol. The number of nitrogens with zero attached hydrogens (tertiary/aromatic N) is 3. The Morgan fingerprint density at radius 3 is 2.57 bits per heavy atom. The Morgan fingerprint density at radius 2 is 1.96 bits per heavy atom. The molecule has 0 aliphatic carbocycles. The number of hydrogen-bond donors (Lipinski definition) is 2. The fourth-order valence-electron chi connectivity index (χ4n) is 2.35. The van der Waals surface area contributed by atoms with Crippen LogP contribution in [0.4, 0.5) is 19.0 Å². The number of nitrogens with one attached hydrogen (secondary N) is 2. The molecule has 146 valence electrons. The van der Waals surface area contributed by atoms with Gasteiger partial charge in [-0.15, -0.1) is 0 Å². The normalized spacial score (nSPS) is 11.3. The molecule has 0 saturated heterocycles. The predicted molar refractivity (Wildman–Crippen MR) is 91.1 cm³/mol. The summed E-state index contributed by atoms with van der Waals surface area (Å²) in [5.74, 6) is -1.74. The van der Waals surface area contributed by atoms with E-state index in [4.69, 9.17) is 4.74 Å². The van der Waals surface area contributed by atoms with Crippen LogP contribution in [-0.4, -0.2) is 38.5 Å². The zero-order chi connectivity index (χ0) is 20.3. The molecule has 2 N–H and O–H groups in total. The average Bonchev–Trinajstić information content (AvgIpc) is 3.30. The van der Waals surface area contributed by atoms with Crippen LogP contribution in [0.25, 0.3) is 5.69 Å². The van der Waals surface area contributed by atoms with E-state index < -0.39 is 29.4 Å². The largest absolute Gasteiger partial charge is 0.462 e. The third-order valence-electron chi connectivity index (χ3n) is 3.61. The van der Waals surface area contributed by atoms with Crippen molar-refractivity contribution >= 4 is 17.7 Å². The lowest BCUT2D eigenvalue weighted by Crippen LogP contribution is -2.18. The van der Waals surface area contributed by atoms with Crippen LogP contribution in [-0.2, 0) is 10.9 Å². The highest BCUT2D eigenvalue weighted by Gasteiger charge is 2.34. The van der Waals surface area contributed by atoms with Gasteiger partial charge in [-0.05, 0) is 19.1 Å². The maximum atomic E-state index is 12.7. The third-order valence-corrected chi connectivity index (χ3v) is 3.61. The Bertz CT molecular complexity index is 995. The smallest absolute Gasteiger partial charge is 0.432 e. The number of carbonyl (C=O) groups excluding carboxylic acids is 2. The number of rotatable bonds is 5. The minimum Gasteiger partial charge on any atom is -0.462 e. The topological polar surface area (TPSA) is 102 Å². The number of H-pyrrole nitrogens is 1. The van der Waals surface area contributed by atoms with Crippen LogP contribution in [0.5, 0.6) is 0 Å². The molecule has 0 unspecified atom stereocenters. The van der Waals surface area contributed by atoms with Gasteiger partial charge in [0.25, 0.3) is 5.91 Å². The predicted octanol–water partition coefficient (Wildman–Crippen LogP) is 3.04. The van der Waals surface area contributed by atoms with Gasteiger partial charge in [-0.2, -0.15) is 23.4 Å². The molecule has 8 nitrogen and oxygen atoms in total. The lowest BCUT2D eigenvalue weighted by atomic mass is 10.3. The van der Waals surface area contributed by atoms with E-state index in [-0.39, 0.29) is 18.0 Å². The van der Waals surface area contributed by atoms with Gasteiger partial charge in [0.15, 0.2) is 11.5 Å². The van der Waals surface area contributed by atoms with Gasteiger partial charge >= 0.3 is 12.1 Å². The van der Waals surface area contributed by atoms with Crippen molar-refractivity contribution in [3.63, 3.8) is 0 Å². The summed E-state index contributed by atoms with van der Waals surface area (Å²) in [6.45, 7) is 1.71. The van der Waals surface area contributed by atoms with E-state index in [0.29, 0.717) is 11.8 Å². The minimum absolute atomic E-state index is 0.0498. The number of halogens is 3. The minimum atomic E-state index is -4.67. The highest BCUT2D eigenvalue weighted by molar-refractivity contribution is 6.06. The molecule has 3 rings (SSSR count). The second-order valence-electron chi connectivity index (χ2n) is 5.49. The van der Waals surface area contributed by atoms with Gasteiger partial charge in [-0.25, -0.2) is 9.48 Å². The number of amides is 1. The zero-order valence-electron chi connectivity index (χ0n) is 14.4. The van der Waals surface area contributed by atoms with E-state index in [2.05, 4.69) is 15.5 Å². The summed E-state index contributed by atoms with van der Waals surface area (Å²) in [6.07, 6.45) is -3.47. The molecule has 2 aromatic heterocycles. The lowest BCUT2D eigenvalue weighted by molar-refractivity contribution is -0.141. The van der Waals surface area contributed by atoms with Crippen molar-refractivity contribution in [3.05, 3.63) is 59.5 Å². The lowest BCUT2D eigenvalue weighted by Gasteiger charge is -2.10.